The molecule has 0 unspecified atom stereocenters. The molecule has 3 aromatic rings. The van der Waals surface area contributed by atoms with E-state index in [1.165, 1.54) is 6.07 Å². The SMILES string of the molecule is CN[C@@H]1CCC[C@H](Nc2nc(-c3c[nH]c4c(F)cc(Cl)cc34)ncc2F)C1.N=C(N)/N=C(\N)C=O. The number of hydrogen-bond acceptors (Lipinski definition) is 6. The zero-order valence-corrected chi connectivity index (χ0v) is 19.7. The third-order valence-corrected chi connectivity index (χ3v) is 5.70. The van der Waals surface area contributed by atoms with Gasteiger partial charge in [-0.2, -0.15) is 4.99 Å². The van der Waals surface area contributed by atoms with Gasteiger partial charge in [-0.25, -0.2) is 18.7 Å². The molecule has 0 radical (unpaired) electrons. The minimum Gasteiger partial charge on any atom is -0.381 e. The summed E-state index contributed by atoms with van der Waals surface area (Å²) in [7, 11) is 1.94. The maximum Gasteiger partial charge on any atom is 0.214 e. The van der Waals surface area contributed by atoms with E-state index < -0.39 is 17.6 Å². The smallest absolute Gasteiger partial charge is 0.214 e. The highest BCUT2D eigenvalue weighted by atomic mass is 35.5. The number of nitrogens with two attached hydrogens (primary N) is 2. The number of anilines is 1. The van der Waals surface area contributed by atoms with E-state index in [2.05, 4.69) is 30.6 Å². The molecule has 1 aromatic carbocycles. The Balaban J connectivity index is 0.000000371. The van der Waals surface area contributed by atoms with Gasteiger partial charge in [-0.3, -0.25) is 10.2 Å². The largest absolute Gasteiger partial charge is 0.381 e. The second kappa shape index (κ2) is 11.7. The first-order chi connectivity index (χ1) is 16.7. The topological polar surface area (TPSA) is 171 Å². The minimum atomic E-state index is -0.505. The molecule has 13 heteroatoms. The monoisotopic (exact) mass is 505 g/mol. The molecular formula is C22H26ClF2N9O. The Morgan fingerprint density at radius 3 is 2.69 bits per heavy atom. The number of benzene rings is 1. The van der Waals surface area contributed by atoms with Crippen LogP contribution < -0.4 is 22.1 Å². The summed E-state index contributed by atoms with van der Waals surface area (Å²) < 4.78 is 28.4. The number of aliphatic imine (C=N–C) groups is 1. The normalized spacial score (nSPS) is 18.0. The lowest BCUT2D eigenvalue weighted by molar-refractivity contribution is -0.102. The number of guanidine groups is 1. The fourth-order valence-corrected chi connectivity index (χ4v) is 4.08. The molecule has 2 heterocycles. The van der Waals surface area contributed by atoms with Gasteiger partial charge in [0.15, 0.2) is 29.6 Å². The Kier molecular flexibility index (Phi) is 8.66. The number of H-pyrrole nitrogens is 1. The summed E-state index contributed by atoms with van der Waals surface area (Å²) in [6.45, 7) is 0. The Morgan fingerprint density at radius 1 is 1.29 bits per heavy atom. The van der Waals surface area contributed by atoms with Crippen LogP contribution in [-0.2, 0) is 4.79 Å². The number of carbonyl (C=O) groups excluding carboxylic acids is 1. The van der Waals surface area contributed by atoms with Crippen molar-refractivity contribution in [3.63, 3.8) is 0 Å². The Bertz CT molecular complexity index is 1250. The molecule has 1 aliphatic carbocycles. The molecule has 0 bridgehead atoms. The number of aromatic nitrogens is 3. The number of aldehydes is 1. The highest BCUT2D eigenvalue weighted by Gasteiger charge is 2.23. The van der Waals surface area contributed by atoms with Crippen LogP contribution >= 0.6 is 11.6 Å². The van der Waals surface area contributed by atoms with Crippen molar-refractivity contribution in [2.75, 3.05) is 12.4 Å². The van der Waals surface area contributed by atoms with E-state index in [1.54, 1.807) is 12.3 Å². The fraction of sp³-hybridized carbons (Fsp3) is 0.318. The second-order valence-electron chi connectivity index (χ2n) is 7.94. The second-order valence-corrected chi connectivity index (χ2v) is 8.37. The van der Waals surface area contributed by atoms with E-state index in [4.69, 9.17) is 28.5 Å². The number of hydrogen-bond donors (Lipinski definition) is 6. The summed E-state index contributed by atoms with van der Waals surface area (Å²) in [4.78, 5) is 24.0. The lowest BCUT2D eigenvalue weighted by Crippen LogP contribution is -2.37. The van der Waals surface area contributed by atoms with E-state index in [0.717, 1.165) is 31.9 Å². The lowest BCUT2D eigenvalue weighted by Gasteiger charge is -2.29. The van der Waals surface area contributed by atoms with Crippen LogP contribution in [0.2, 0.25) is 5.02 Å². The number of rotatable bonds is 5. The van der Waals surface area contributed by atoms with Crippen molar-refractivity contribution in [3.8, 4) is 11.4 Å². The van der Waals surface area contributed by atoms with Gasteiger partial charge < -0.3 is 27.1 Å². The molecule has 35 heavy (non-hydrogen) atoms. The van der Waals surface area contributed by atoms with Crippen molar-refractivity contribution >= 4 is 46.4 Å². The van der Waals surface area contributed by atoms with Crippen molar-refractivity contribution < 1.29 is 13.6 Å². The van der Waals surface area contributed by atoms with E-state index in [9.17, 15) is 13.6 Å². The molecule has 0 amide bonds. The van der Waals surface area contributed by atoms with Crippen LogP contribution in [0.25, 0.3) is 22.3 Å². The van der Waals surface area contributed by atoms with Crippen LogP contribution in [0.15, 0.2) is 29.5 Å². The summed E-state index contributed by atoms with van der Waals surface area (Å²) in [5.41, 5.74) is 10.5. The van der Waals surface area contributed by atoms with E-state index in [-0.39, 0.29) is 22.7 Å². The van der Waals surface area contributed by atoms with Gasteiger partial charge in [0, 0.05) is 34.3 Å². The highest BCUT2D eigenvalue weighted by Crippen LogP contribution is 2.31. The first-order valence-corrected chi connectivity index (χ1v) is 11.2. The highest BCUT2D eigenvalue weighted by molar-refractivity contribution is 6.31. The predicted molar refractivity (Wildman–Crippen MR) is 133 cm³/mol. The Morgan fingerprint density at radius 2 is 2.03 bits per heavy atom. The molecule has 1 saturated carbocycles. The summed E-state index contributed by atoms with van der Waals surface area (Å²) in [6.07, 6.45) is 7.13. The predicted octanol–water partition coefficient (Wildman–Crippen LogP) is 2.93. The van der Waals surface area contributed by atoms with Crippen molar-refractivity contribution in [1.82, 2.24) is 20.3 Å². The number of amidine groups is 1. The van der Waals surface area contributed by atoms with Crippen LogP contribution in [0.5, 0.6) is 0 Å². The van der Waals surface area contributed by atoms with Crippen molar-refractivity contribution in [2.45, 2.75) is 37.8 Å². The molecule has 1 fully saturated rings. The molecular weight excluding hydrogens is 480 g/mol. The third-order valence-electron chi connectivity index (χ3n) is 5.48. The zero-order chi connectivity index (χ0) is 25.5. The minimum absolute atomic E-state index is 0.142. The van der Waals surface area contributed by atoms with Crippen LogP contribution in [0, 0.1) is 17.0 Å². The maximum atomic E-state index is 14.3. The molecule has 0 saturated heterocycles. The lowest BCUT2D eigenvalue weighted by atomic mass is 9.91. The number of aromatic amines is 1. The number of carbonyl (C=O) groups is 1. The molecule has 186 valence electrons. The van der Waals surface area contributed by atoms with E-state index in [1.807, 2.05) is 7.05 Å². The van der Waals surface area contributed by atoms with Gasteiger partial charge in [0.25, 0.3) is 0 Å². The maximum absolute atomic E-state index is 14.3. The van der Waals surface area contributed by atoms with Gasteiger partial charge in [0.1, 0.15) is 5.82 Å². The molecule has 0 aliphatic heterocycles. The van der Waals surface area contributed by atoms with Crippen LogP contribution in [0.1, 0.15) is 25.7 Å². The molecule has 8 N–H and O–H groups in total. The molecule has 4 rings (SSSR count). The fourth-order valence-electron chi connectivity index (χ4n) is 3.88. The Hall–Kier alpha value is -3.64. The first-order valence-electron chi connectivity index (χ1n) is 10.8. The van der Waals surface area contributed by atoms with Gasteiger partial charge in [0.05, 0.1) is 11.7 Å². The molecule has 10 nitrogen and oxygen atoms in total. The van der Waals surface area contributed by atoms with Crippen molar-refractivity contribution in [3.05, 3.63) is 41.2 Å². The molecule has 0 spiro atoms. The van der Waals surface area contributed by atoms with Gasteiger partial charge >= 0.3 is 0 Å². The quantitative estimate of drug-likeness (QED) is 0.176. The van der Waals surface area contributed by atoms with Crippen LogP contribution in [0.4, 0.5) is 14.6 Å². The summed E-state index contributed by atoms with van der Waals surface area (Å²) in [5.74, 6) is -1.22. The summed E-state index contributed by atoms with van der Waals surface area (Å²) in [5, 5.41) is 13.8. The van der Waals surface area contributed by atoms with Gasteiger partial charge in [-0.1, -0.05) is 11.6 Å². The van der Waals surface area contributed by atoms with Crippen LogP contribution in [0.3, 0.4) is 0 Å². The Labute approximate surface area is 205 Å². The van der Waals surface area contributed by atoms with Gasteiger partial charge in [0.2, 0.25) is 5.96 Å². The van der Waals surface area contributed by atoms with Crippen molar-refractivity contribution in [2.24, 2.45) is 16.5 Å². The average Bonchev–Trinajstić information content (AvgIpc) is 3.25. The first kappa shape index (κ1) is 26.0. The average molecular weight is 506 g/mol. The number of halogens is 3. The van der Waals surface area contributed by atoms with E-state index in [0.29, 0.717) is 34.6 Å². The van der Waals surface area contributed by atoms with Gasteiger partial charge in [-0.05, 0) is 44.9 Å². The standard InChI is InChI=1S/C19H20ClF2N5.C3H6N4O/c1-23-11-3-2-4-12(7-11)26-19-16(22)9-25-18(27-19)14-8-24-17-13(14)5-10(20)6-15(17)21;4-2(1-8)7-3(5)6/h5-6,8-9,11-12,23-24H,2-4,7H2,1H3,(H,25,26,27);1H,(H5,4,5,6,7)/t11-,12+;/m1./s1. The number of nitrogens with zero attached hydrogens (tertiary/aromatic N) is 3. The molecule has 2 aromatic heterocycles. The van der Waals surface area contributed by atoms with Crippen LogP contribution in [-0.4, -0.2) is 52.2 Å². The van der Waals surface area contributed by atoms with Crippen molar-refractivity contribution in [1.29, 1.82) is 5.41 Å². The zero-order valence-electron chi connectivity index (χ0n) is 18.9. The molecule has 1 aliphatic rings. The third kappa shape index (κ3) is 6.70. The number of fused-ring (bicyclic) bond motifs is 1. The van der Waals surface area contributed by atoms with E-state index >= 15 is 0 Å². The molecule has 2 atom stereocenters. The summed E-state index contributed by atoms with van der Waals surface area (Å²) in [6, 6.07) is 3.44. The summed E-state index contributed by atoms with van der Waals surface area (Å²) >= 11 is 5.98. The van der Waals surface area contributed by atoms with Gasteiger partial charge in [-0.15, -0.1) is 0 Å². The number of nitrogens with one attached hydrogen (secondary N) is 4.